The average Bonchev–Trinajstić information content (AvgIpc) is 2.70. The molecular weight excluding hydrogens is 346 g/mol. The molecule has 3 nitrogen and oxygen atoms in total. The van der Waals surface area contributed by atoms with Crippen LogP contribution in [0.15, 0.2) is 9.85 Å². The van der Waals surface area contributed by atoms with Gasteiger partial charge in [-0.3, -0.25) is 0 Å². The molecule has 2 aromatic heterocycles. The lowest BCUT2D eigenvalue weighted by molar-refractivity contribution is 0.628. The first kappa shape index (κ1) is 14.9. The molecule has 0 aromatic carbocycles. The normalized spacial score (nSPS) is 11.3. The van der Waals surface area contributed by atoms with Crippen LogP contribution >= 0.6 is 38.9 Å². The molecule has 19 heavy (non-hydrogen) atoms. The summed E-state index contributed by atoms with van der Waals surface area (Å²) in [6.07, 6.45) is 1.52. The maximum atomic E-state index is 6.16. The molecule has 0 aliphatic rings. The number of hydrogen-bond donors (Lipinski definition) is 0. The summed E-state index contributed by atoms with van der Waals surface area (Å²) < 4.78 is 0.807. The quantitative estimate of drug-likeness (QED) is 0.756. The zero-order valence-corrected chi connectivity index (χ0v) is 14.2. The summed E-state index contributed by atoms with van der Waals surface area (Å²) in [5.74, 6) is 1.26. The van der Waals surface area contributed by atoms with Crippen LogP contribution in [-0.2, 0) is 12.8 Å². The second-order valence-corrected chi connectivity index (χ2v) is 6.94. The van der Waals surface area contributed by atoms with Crippen molar-refractivity contribution in [3.05, 3.63) is 37.2 Å². The van der Waals surface area contributed by atoms with Crippen LogP contribution in [0.3, 0.4) is 0 Å². The van der Waals surface area contributed by atoms with Gasteiger partial charge in [0, 0.05) is 11.1 Å². The molecule has 102 valence electrons. The van der Waals surface area contributed by atoms with Gasteiger partial charge < -0.3 is 0 Å². The Balaban J connectivity index is 2.28. The van der Waals surface area contributed by atoms with Gasteiger partial charge >= 0.3 is 0 Å². The van der Waals surface area contributed by atoms with Crippen LogP contribution in [0.5, 0.6) is 0 Å². The highest BCUT2D eigenvalue weighted by Crippen LogP contribution is 2.26. The summed E-state index contributed by atoms with van der Waals surface area (Å²) in [5.41, 5.74) is 2.00. The summed E-state index contributed by atoms with van der Waals surface area (Å²) in [6.45, 7) is 6.30. The predicted octanol–water partition coefficient (Wildman–Crippen LogP) is 4.45. The number of aryl methyl sites for hydroxylation is 1. The number of halogens is 2. The molecular formula is C13H15BrClN3S. The second-order valence-electron chi connectivity index (χ2n) is 4.85. The Kier molecular flexibility index (Phi) is 4.92. The van der Waals surface area contributed by atoms with Crippen molar-refractivity contribution in [1.29, 1.82) is 0 Å². The minimum absolute atomic E-state index is 0.480. The molecule has 0 amide bonds. The summed E-state index contributed by atoms with van der Waals surface area (Å²) in [7, 11) is 0. The highest BCUT2D eigenvalue weighted by molar-refractivity contribution is 9.10. The molecule has 0 fully saturated rings. The van der Waals surface area contributed by atoms with Gasteiger partial charge in [-0.05, 0) is 35.2 Å². The van der Waals surface area contributed by atoms with Gasteiger partial charge in [0.1, 0.15) is 16.0 Å². The lowest BCUT2D eigenvalue weighted by Crippen LogP contribution is -2.05. The van der Waals surface area contributed by atoms with Crippen LogP contribution in [0.25, 0.3) is 0 Å². The van der Waals surface area contributed by atoms with Crippen molar-refractivity contribution in [2.45, 2.75) is 33.6 Å². The number of thiazole rings is 1. The maximum Gasteiger partial charge on any atom is 0.147 e. The van der Waals surface area contributed by atoms with E-state index in [0.29, 0.717) is 17.5 Å². The van der Waals surface area contributed by atoms with E-state index in [1.807, 2.05) is 12.3 Å². The summed E-state index contributed by atoms with van der Waals surface area (Å²) >= 11 is 11.2. The lowest BCUT2D eigenvalue weighted by atomic mass is 10.1. The minimum atomic E-state index is 0.480. The van der Waals surface area contributed by atoms with E-state index in [0.717, 1.165) is 33.1 Å². The van der Waals surface area contributed by atoms with Gasteiger partial charge in [-0.2, -0.15) is 0 Å². The Bertz CT molecular complexity index is 583. The molecule has 0 saturated heterocycles. The van der Waals surface area contributed by atoms with Gasteiger partial charge in [-0.1, -0.05) is 25.4 Å². The monoisotopic (exact) mass is 359 g/mol. The van der Waals surface area contributed by atoms with Gasteiger partial charge in [-0.15, -0.1) is 11.3 Å². The third-order valence-electron chi connectivity index (χ3n) is 2.50. The molecule has 0 unspecified atom stereocenters. The van der Waals surface area contributed by atoms with E-state index in [4.69, 9.17) is 11.6 Å². The van der Waals surface area contributed by atoms with Crippen molar-refractivity contribution in [2.24, 2.45) is 5.92 Å². The van der Waals surface area contributed by atoms with Crippen LogP contribution in [0, 0.1) is 12.8 Å². The molecule has 0 N–H and O–H groups in total. The molecule has 0 spiro atoms. The fraction of sp³-hybridized carbons (Fsp3) is 0.462. The third-order valence-corrected chi connectivity index (χ3v) is 4.80. The highest BCUT2D eigenvalue weighted by atomic mass is 79.9. The molecule has 6 heteroatoms. The smallest absolute Gasteiger partial charge is 0.147 e. The van der Waals surface area contributed by atoms with E-state index in [2.05, 4.69) is 44.7 Å². The predicted molar refractivity (Wildman–Crippen MR) is 82.9 cm³/mol. The first-order valence-corrected chi connectivity index (χ1v) is 8.12. The van der Waals surface area contributed by atoms with Gasteiger partial charge in [-0.25, -0.2) is 15.0 Å². The SMILES string of the molecule is Cc1csc(Cc2nc(Cl)c(Br)c(CC(C)C)n2)n1. The van der Waals surface area contributed by atoms with E-state index in [-0.39, 0.29) is 0 Å². The zero-order chi connectivity index (χ0) is 14.0. The Morgan fingerprint density at radius 1 is 1.32 bits per heavy atom. The molecule has 0 radical (unpaired) electrons. The lowest BCUT2D eigenvalue weighted by Gasteiger charge is -2.09. The third kappa shape index (κ3) is 3.97. The molecule has 0 atom stereocenters. The molecule has 0 aliphatic carbocycles. The molecule has 2 aromatic rings. The minimum Gasteiger partial charge on any atom is -0.246 e. The first-order valence-electron chi connectivity index (χ1n) is 6.07. The van der Waals surface area contributed by atoms with Crippen molar-refractivity contribution >= 4 is 38.9 Å². The zero-order valence-electron chi connectivity index (χ0n) is 11.1. The Morgan fingerprint density at radius 2 is 2.05 bits per heavy atom. The molecule has 0 aliphatic heterocycles. The van der Waals surface area contributed by atoms with E-state index >= 15 is 0 Å². The fourth-order valence-corrected chi connectivity index (χ4v) is 3.05. The number of rotatable bonds is 4. The Labute approximate surface area is 130 Å². The molecule has 0 bridgehead atoms. The summed E-state index contributed by atoms with van der Waals surface area (Å²) in [5, 5.41) is 3.53. The van der Waals surface area contributed by atoms with Crippen LogP contribution in [-0.4, -0.2) is 15.0 Å². The first-order chi connectivity index (χ1) is 8.95. The molecule has 2 rings (SSSR count). The van der Waals surface area contributed by atoms with Crippen molar-refractivity contribution in [2.75, 3.05) is 0 Å². The van der Waals surface area contributed by atoms with Crippen LogP contribution in [0.4, 0.5) is 0 Å². The standard InChI is InChI=1S/C13H15BrClN3S/c1-7(2)4-9-12(14)13(15)18-10(17-9)5-11-16-8(3)6-19-11/h6-7H,4-5H2,1-3H3. The van der Waals surface area contributed by atoms with Gasteiger partial charge in [0.05, 0.1) is 16.6 Å². The number of nitrogens with zero attached hydrogens (tertiary/aromatic N) is 3. The van der Waals surface area contributed by atoms with Crippen LogP contribution in [0.2, 0.25) is 5.15 Å². The fourth-order valence-electron chi connectivity index (χ4n) is 1.73. The number of aromatic nitrogens is 3. The average molecular weight is 361 g/mol. The largest absolute Gasteiger partial charge is 0.246 e. The van der Waals surface area contributed by atoms with Crippen LogP contribution < -0.4 is 0 Å². The van der Waals surface area contributed by atoms with E-state index < -0.39 is 0 Å². The Hall–Kier alpha value is -0.520. The van der Waals surface area contributed by atoms with E-state index in [9.17, 15) is 0 Å². The Morgan fingerprint density at radius 3 is 2.63 bits per heavy atom. The summed E-state index contributed by atoms with van der Waals surface area (Å²) in [4.78, 5) is 13.4. The second kappa shape index (κ2) is 6.29. The number of hydrogen-bond acceptors (Lipinski definition) is 4. The van der Waals surface area contributed by atoms with Crippen molar-refractivity contribution in [3.63, 3.8) is 0 Å². The molecule has 2 heterocycles. The van der Waals surface area contributed by atoms with Crippen molar-refractivity contribution in [1.82, 2.24) is 15.0 Å². The van der Waals surface area contributed by atoms with Crippen molar-refractivity contribution < 1.29 is 0 Å². The summed E-state index contributed by atoms with van der Waals surface area (Å²) in [6, 6.07) is 0. The molecule has 0 saturated carbocycles. The topological polar surface area (TPSA) is 38.7 Å². The van der Waals surface area contributed by atoms with E-state index in [1.54, 1.807) is 11.3 Å². The van der Waals surface area contributed by atoms with E-state index in [1.165, 1.54) is 0 Å². The van der Waals surface area contributed by atoms with Gasteiger partial charge in [0.2, 0.25) is 0 Å². The maximum absolute atomic E-state index is 6.16. The highest BCUT2D eigenvalue weighted by Gasteiger charge is 2.13. The van der Waals surface area contributed by atoms with Gasteiger partial charge in [0.25, 0.3) is 0 Å². The van der Waals surface area contributed by atoms with Crippen molar-refractivity contribution in [3.8, 4) is 0 Å². The van der Waals surface area contributed by atoms with Crippen LogP contribution in [0.1, 0.15) is 36.1 Å². The van der Waals surface area contributed by atoms with Gasteiger partial charge in [0.15, 0.2) is 0 Å².